The molecule has 0 atom stereocenters. The number of aromatic nitrogens is 1. The zero-order valence-electron chi connectivity index (χ0n) is 8.63. The highest BCUT2D eigenvalue weighted by Crippen LogP contribution is 2.33. The maximum absolute atomic E-state index is 6.06. The van der Waals surface area contributed by atoms with Crippen molar-refractivity contribution in [3.63, 3.8) is 0 Å². The summed E-state index contributed by atoms with van der Waals surface area (Å²) in [5.74, 6) is 0.847. The van der Waals surface area contributed by atoms with Gasteiger partial charge >= 0.3 is 0 Å². The molecule has 15 heavy (non-hydrogen) atoms. The largest absolute Gasteiger partial charge is 0.398 e. The number of nitrogens with zero attached hydrogens (tertiary/aromatic N) is 1. The lowest BCUT2D eigenvalue weighted by Crippen LogP contribution is -1.97. The average molecular weight is 266 g/mol. The number of halogens is 1. The monoisotopic (exact) mass is 265 g/mol. The molecule has 0 aliphatic rings. The summed E-state index contributed by atoms with van der Waals surface area (Å²) in [4.78, 5) is 4.28. The number of nitrogens with two attached hydrogens (primary N) is 1. The van der Waals surface area contributed by atoms with Gasteiger partial charge in [-0.2, -0.15) is 0 Å². The number of hydrogen-bond acceptors (Lipinski definition) is 3. The minimum absolute atomic E-state index is 0.804. The number of fused-ring (bicyclic) bond motifs is 1. The lowest BCUT2D eigenvalue weighted by molar-refractivity contribution is 1.30. The molecule has 1 aromatic carbocycles. The van der Waals surface area contributed by atoms with Crippen molar-refractivity contribution in [1.82, 2.24) is 4.98 Å². The number of aryl methyl sites for hydroxylation is 1. The molecule has 1 heterocycles. The van der Waals surface area contributed by atoms with Gasteiger partial charge in [0.2, 0.25) is 0 Å². The first-order chi connectivity index (χ1) is 7.15. The van der Waals surface area contributed by atoms with Gasteiger partial charge in [-0.25, -0.2) is 4.98 Å². The molecule has 2 aromatic rings. The van der Waals surface area contributed by atoms with Gasteiger partial charge in [-0.3, -0.25) is 0 Å². The Morgan fingerprint density at radius 3 is 2.80 bits per heavy atom. The Hall–Kier alpha value is -1.29. The lowest BCUT2D eigenvalue weighted by Gasteiger charge is -2.10. The Labute approximate surface area is 96.8 Å². The zero-order valence-corrected chi connectivity index (χ0v) is 10.2. The topological polar surface area (TPSA) is 50.9 Å². The highest BCUT2D eigenvalue weighted by molar-refractivity contribution is 9.10. The normalized spacial score (nSPS) is 10.6. The van der Waals surface area contributed by atoms with Gasteiger partial charge in [-0.05, 0) is 28.4 Å². The van der Waals surface area contributed by atoms with Crippen molar-refractivity contribution < 1.29 is 0 Å². The highest BCUT2D eigenvalue weighted by atomic mass is 79.9. The van der Waals surface area contributed by atoms with Crippen LogP contribution in [-0.2, 0) is 0 Å². The molecule has 1 aromatic heterocycles. The molecule has 0 radical (unpaired) electrons. The number of pyridine rings is 1. The molecular formula is C11H12BrN3. The molecule has 3 nitrogen and oxygen atoms in total. The van der Waals surface area contributed by atoms with Crippen molar-refractivity contribution in [2.24, 2.45) is 0 Å². The molecule has 78 valence electrons. The van der Waals surface area contributed by atoms with Crippen molar-refractivity contribution in [2.75, 3.05) is 18.1 Å². The van der Waals surface area contributed by atoms with Crippen LogP contribution >= 0.6 is 15.9 Å². The summed E-state index contributed by atoms with van der Waals surface area (Å²) >= 11 is 3.47. The molecule has 0 aliphatic carbocycles. The Morgan fingerprint density at radius 1 is 1.40 bits per heavy atom. The summed E-state index contributed by atoms with van der Waals surface area (Å²) in [7, 11) is 1.85. The first-order valence-electron chi connectivity index (χ1n) is 4.66. The van der Waals surface area contributed by atoms with E-state index in [0.717, 1.165) is 32.3 Å². The molecular weight excluding hydrogens is 254 g/mol. The van der Waals surface area contributed by atoms with E-state index in [0.29, 0.717) is 0 Å². The summed E-state index contributed by atoms with van der Waals surface area (Å²) in [5.41, 5.74) is 7.94. The van der Waals surface area contributed by atoms with Crippen LogP contribution in [0.3, 0.4) is 0 Å². The fourth-order valence-electron chi connectivity index (χ4n) is 1.63. The van der Waals surface area contributed by atoms with Crippen molar-refractivity contribution >= 4 is 38.2 Å². The van der Waals surface area contributed by atoms with Crippen molar-refractivity contribution in [1.29, 1.82) is 0 Å². The van der Waals surface area contributed by atoms with Crippen LogP contribution < -0.4 is 11.1 Å². The van der Waals surface area contributed by atoms with Crippen LogP contribution in [-0.4, -0.2) is 12.0 Å². The molecule has 0 bridgehead atoms. The molecule has 0 unspecified atom stereocenters. The van der Waals surface area contributed by atoms with Gasteiger partial charge in [0.05, 0.1) is 0 Å². The van der Waals surface area contributed by atoms with Gasteiger partial charge in [0.15, 0.2) is 0 Å². The maximum atomic E-state index is 6.06. The quantitative estimate of drug-likeness (QED) is 0.780. The van der Waals surface area contributed by atoms with Gasteiger partial charge < -0.3 is 11.1 Å². The molecule has 0 saturated heterocycles. The van der Waals surface area contributed by atoms with Crippen LogP contribution in [0.1, 0.15) is 5.56 Å². The van der Waals surface area contributed by atoms with E-state index in [1.807, 2.05) is 26.1 Å². The Morgan fingerprint density at radius 2 is 2.13 bits per heavy atom. The summed E-state index contributed by atoms with van der Waals surface area (Å²) in [6, 6.07) is 4.04. The molecule has 0 spiro atoms. The van der Waals surface area contributed by atoms with Gasteiger partial charge in [0, 0.05) is 34.2 Å². The number of nitrogen functional groups attached to an aromatic ring is 1. The van der Waals surface area contributed by atoms with E-state index in [1.54, 1.807) is 6.20 Å². The molecule has 0 fully saturated rings. The predicted octanol–water partition coefficient (Wildman–Crippen LogP) is 2.93. The first kappa shape index (κ1) is 10.2. The first-order valence-corrected chi connectivity index (χ1v) is 5.45. The van der Waals surface area contributed by atoms with Crippen LogP contribution in [0.15, 0.2) is 22.8 Å². The number of rotatable bonds is 1. The Balaban J connectivity index is 2.93. The minimum Gasteiger partial charge on any atom is -0.398 e. The fourth-order valence-corrected chi connectivity index (χ4v) is 2.16. The highest BCUT2D eigenvalue weighted by Gasteiger charge is 2.09. The lowest BCUT2D eigenvalue weighted by atomic mass is 10.1. The molecule has 0 amide bonds. The van der Waals surface area contributed by atoms with E-state index in [1.165, 1.54) is 0 Å². The average Bonchev–Trinajstić information content (AvgIpc) is 2.24. The van der Waals surface area contributed by atoms with Gasteiger partial charge in [0.1, 0.15) is 5.82 Å². The van der Waals surface area contributed by atoms with Crippen LogP contribution in [0.25, 0.3) is 10.8 Å². The maximum Gasteiger partial charge on any atom is 0.133 e. The number of hydrogen-bond donors (Lipinski definition) is 2. The van der Waals surface area contributed by atoms with E-state index in [4.69, 9.17) is 5.73 Å². The zero-order chi connectivity index (χ0) is 11.0. The third kappa shape index (κ3) is 1.55. The van der Waals surface area contributed by atoms with Crippen LogP contribution in [0.2, 0.25) is 0 Å². The number of benzene rings is 1. The van der Waals surface area contributed by atoms with Crippen molar-refractivity contribution in [3.05, 3.63) is 28.4 Å². The predicted molar refractivity (Wildman–Crippen MR) is 68.1 cm³/mol. The van der Waals surface area contributed by atoms with Crippen LogP contribution in [0.4, 0.5) is 11.5 Å². The van der Waals surface area contributed by atoms with Crippen molar-refractivity contribution in [2.45, 2.75) is 6.92 Å². The smallest absolute Gasteiger partial charge is 0.133 e. The molecule has 3 N–H and O–H groups in total. The second kappa shape index (κ2) is 3.70. The van der Waals surface area contributed by atoms with Crippen LogP contribution in [0.5, 0.6) is 0 Å². The summed E-state index contributed by atoms with van der Waals surface area (Å²) in [6.07, 6.45) is 1.77. The van der Waals surface area contributed by atoms with E-state index in [9.17, 15) is 0 Å². The van der Waals surface area contributed by atoms with E-state index in [-0.39, 0.29) is 0 Å². The summed E-state index contributed by atoms with van der Waals surface area (Å²) < 4.78 is 0.928. The fraction of sp³-hybridized carbons (Fsp3) is 0.182. The van der Waals surface area contributed by atoms with E-state index < -0.39 is 0 Å². The Bertz CT molecular complexity index is 523. The van der Waals surface area contributed by atoms with Gasteiger partial charge in [-0.1, -0.05) is 12.1 Å². The molecule has 4 heteroatoms. The second-order valence-corrected chi connectivity index (χ2v) is 4.28. The van der Waals surface area contributed by atoms with E-state index in [2.05, 4.69) is 26.2 Å². The van der Waals surface area contributed by atoms with Crippen molar-refractivity contribution in [3.8, 4) is 0 Å². The number of anilines is 2. The molecule has 2 rings (SSSR count). The standard InChI is InChI=1S/C11H12BrN3/c1-6-3-4-7-9(10(6)13)8(12)5-15-11(7)14-2/h3-5H,13H2,1-2H3,(H,14,15). The van der Waals surface area contributed by atoms with Gasteiger partial charge in [-0.15, -0.1) is 0 Å². The van der Waals surface area contributed by atoms with Crippen LogP contribution in [0, 0.1) is 6.92 Å². The summed E-state index contributed by atoms with van der Waals surface area (Å²) in [5, 5.41) is 5.12. The third-order valence-electron chi connectivity index (χ3n) is 2.50. The summed E-state index contributed by atoms with van der Waals surface area (Å²) in [6.45, 7) is 2.00. The van der Waals surface area contributed by atoms with E-state index >= 15 is 0 Å². The number of nitrogens with one attached hydrogen (secondary N) is 1. The third-order valence-corrected chi connectivity index (χ3v) is 3.10. The van der Waals surface area contributed by atoms with Gasteiger partial charge in [0.25, 0.3) is 0 Å². The SMILES string of the molecule is CNc1ncc(Br)c2c(N)c(C)ccc12. The molecule has 0 aliphatic heterocycles. The second-order valence-electron chi connectivity index (χ2n) is 3.42. The Kier molecular flexibility index (Phi) is 2.52. The molecule has 0 saturated carbocycles. The minimum atomic E-state index is 0.804.